The highest BCUT2D eigenvalue weighted by Gasteiger charge is 2.34. The van der Waals surface area contributed by atoms with Gasteiger partial charge in [0.1, 0.15) is 5.60 Å². The molecule has 31 heavy (non-hydrogen) atoms. The Labute approximate surface area is 194 Å². The zero-order chi connectivity index (χ0) is 22.8. The smallest absolute Gasteiger partial charge is 0.408 e. The Bertz CT molecular complexity index is 948. The van der Waals surface area contributed by atoms with Crippen molar-refractivity contribution >= 4 is 35.0 Å². The Morgan fingerprint density at radius 3 is 2.45 bits per heavy atom. The number of rotatable bonds is 4. The number of carbonyl (C=O) groups excluding carboxylic acids is 1. The number of benzene rings is 2. The molecule has 2 aromatic rings. The molecular weight excluding hydrogens is 435 g/mol. The predicted octanol–water partition coefficient (Wildman–Crippen LogP) is 6.35. The number of nitrogens with one attached hydrogen (secondary N) is 1. The first kappa shape index (κ1) is 23.6. The number of carbonyl (C=O) groups is 1. The van der Waals surface area contributed by atoms with Crippen molar-refractivity contribution in [3.8, 4) is 16.9 Å². The molecule has 1 aliphatic rings. The highest BCUT2D eigenvalue weighted by Crippen LogP contribution is 2.39. The second-order valence-electron chi connectivity index (χ2n) is 9.07. The molecule has 1 aliphatic heterocycles. The lowest BCUT2D eigenvalue weighted by Crippen LogP contribution is -2.54. The van der Waals surface area contributed by atoms with Gasteiger partial charge < -0.3 is 19.7 Å². The van der Waals surface area contributed by atoms with Crippen molar-refractivity contribution in [1.29, 1.82) is 0 Å². The summed E-state index contributed by atoms with van der Waals surface area (Å²) in [6.45, 7) is 9.19. The summed E-state index contributed by atoms with van der Waals surface area (Å²) in [7, 11) is 1.64. The molecule has 0 unspecified atom stereocenters. The van der Waals surface area contributed by atoms with Crippen LogP contribution < -0.4 is 15.0 Å². The summed E-state index contributed by atoms with van der Waals surface area (Å²) >= 11 is 12.5. The molecule has 0 bridgehead atoms. The molecule has 1 heterocycles. The summed E-state index contributed by atoms with van der Waals surface area (Å²) in [5.74, 6) is 0.650. The number of ether oxygens (including phenoxy) is 2. The van der Waals surface area contributed by atoms with Gasteiger partial charge in [0.25, 0.3) is 0 Å². The van der Waals surface area contributed by atoms with Gasteiger partial charge in [-0.2, -0.15) is 0 Å². The van der Waals surface area contributed by atoms with E-state index in [2.05, 4.69) is 23.2 Å². The second-order valence-corrected chi connectivity index (χ2v) is 9.85. The molecule has 1 N–H and O–H groups in total. The summed E-state index contributed by atoms with van der Waals surface area (Å²) in [4.78, 5) is 14.5. The number of hydrogen-bond donors (Lipinski definition) is 1. The van der Waals surface area contributed by atoms with Crippen LogP contribution in [0.5, 0.6) is 5.75 Å². The SMILES string of the molecule is COc1[c]c(-c2cccc(Cl)c2Cl)ccc1N1CCC(C)(NC(=O)OC(C)(C)C)CC1. The molecule has 2 aromatic carbocycles. The first-order chi connectivity index (χ1) is 14.5. The predicted molar refractivity (Wildman–Crippen MR) is 127 cm³/mol. The number of methoxy groups -OCH3 is 1. The minimum Gasteiger partial charge on any atom is -0.494 e. The van der Waals surface area contributed by atoms with E-state index in [0.29, 0.717) is 15.8 Å². The minimum absolute atomic E-state index is 0.315. The number of nitrogens with zero attached hydrogens (tertiary/aromatic N) is 1. The van der Waals surface area contributed by atoms with Crippen molar-refractivity contribution in [3.63, 3.8) is 0 Å². The van der Waals surface area contributed by atoms with Gasteiger partial charge in [-0.3, -0.25) is 0 Å². The fourth-order valence-electron chi connectivity index (χ4n) is 3.66. The lowest BCUT2D eigenvalue weighted by molar-refractivity contribution is 0.0448. The average Bonchev–Trinajstić information content (AvgIpc) is 2.68. The van der Waals surface area contributed by atoms with Crippen LogP contribution >= 0.6 is 23.2 Å². The molecule has 0 aliphatic carbocycles. The van der Waals surface area contributed by atoms with E-state index in [1.807, 2.05) is 45.0 Å². The molecule has 1 fully saturated rings. The normalized spacial score (nSPS) is 16.0. The van der Waals surface area contributed by atoms with Crippen LogP contribution in [0.15, 0.2) is 30.3 Å². The average molecular weight is 464 g/mol. The van der Waals surface area contributed by atoms with Crippen LogP contribution in [0.1, 0.15) is 40.5 Å². The molecule has 1 saturated heterocycles. The number of piperidine rings is 1. The largest absolute Gasteiger partial charge is 0.494 e. The van der Waals surface area contributed by atoms with Crippen LogP contribution in [0.4, 0.5) is 10.5 Å². The van der Waals surface area contributed by atoms with E-state index in [9.17, 15) is 4.79 Å². The minimum atomic E-state index is -0.516. The van der Waals surface area contributed by atoms with E-state index in [0.717, 1.165) is 42.7 Å². The second kappa shape index (κ2) is 9.17. The van der Waals surface area contributed by atoms with Crippen molar-refractivity contribution in [2.24, 2.45) is 0 Å². The quantitative estimate of drug-likeness (QED) is 0.573. The highest BCUT2D eigenvalue weighted by molar-refractivity contribution is 6.43. The Kier molecular flexibility index (Phi) is 6.97. The summed E-state index contributed by atoms with van der Waals surface area (Å²) in [5, 5.41) is 4.04. The number of halogens is 2. The van der Waals surface area contributed by atoms with Gasteiger partial charge in [0, 0.05) is 30.3 Å². The fraction of sp³-hybridized carbons (Fsp3) is 0.458. The molecule has 0 aromatic heterocycles. The molecule has 3 rings (SSSR count). The number of anilines is 1. The van der Waals surface area contributed by atoms with Gasteiger partial charge in [0.2, 0.25) is 0 Å². The first-order valence-electron chi connectivity index (χ1n) is 10.3. The third kappa shape index (κ3) is 5.78. The highest BCUT2D eigenvalue weighted by atomic mass is 35.5. The maximum absolute atomic E-state index is 12.2. The maximum Gasteiger partial charge on any atom is 0.408 e. The third-order valence-electron chi connectivity index (χ3n) is 5.35. The van der Waals surface area contributed by atoms with Gasteiger partial charge >= 0.3 is 6.09 Å². The van der Waals surface area contributed by atoms with Crippen LogP contribution in [-0.2, 0) is 4.74 Å². The standard InChI is InChI=1S/C24H29Cl2N2O3/c1-23(2,3)31-22(29)27-24(4)11-13-28(14-12-24)19-10-9-16(15-20(19)30-5)17-7-6-8-18(25)21(17)26/h6-10H,11-14H2,1-5H3,(H,27,29). The molecule has 0 spiro atoms. The molecular formula is C24H29Cl2N2O3. The van der Waals surface area contributed by atoms with Crippen molar-refractivity contribution in [2.45, 2.75) is 51.7 Å². The van der Waals surface area contributed by atoms with Crippen LogP contribution in [0, 0.1) is 6.07 Å². The summed E-state index contributed by atoms with van der Waals surface area (Å²) < 4.78 is 11.1. The molecule has 5 nitrogen and oxygen atoms in total. The van der Waals surface area contributed by atoms with Gasteiger partial charge in [-0.15, -0.1) is 0 Å². The van der Waals surface area contributed by atoms with E-state index >= 15 is 0 Å². The lowest BCUT2D eigenvalue weighted by Gasteiger charge is -2.41. The molecule has 1 amide bonds. The zero-order valence-corrected chi connectivity index (χ0v) is 20.2. The van der Waals surface area contributed by atoms with Gasteiger partial charge in [0.15, 0.2) is 5.75 Å². The number of hydrogen-bond acceptors (Lipinski definition) is 4. The summed E-state index contributed by atoms with van der Waals surface area (Å²) in [6, 6.07) is 12.9. The van der Waals surface area contributed by atoms with Gasteiger partial charge in [-0.25, -0.2) is 4.79 Å². The monoisotopic (exact) mass is 463 g/mol. The summed E-state index contributed by atoms with van der Waals surface area (Å²) in [5.41, 5.74) is 1.76. The number of amides is 1. The summed E-state index contributed by atoms with van der Waals surface area (Å²) in [6.07, 6.45) is 1.20. The van der Waals surface area contributed by atoms with E-state index in [1.165, 1.54) is 0 Å². The van der Waals surface area contributed by atoms with E-state index < -0.39 is 5.60 Å². The van der Waals surface area contributed by atoms with Crippen molar-refractivity contribution in [1.82, 2.24) is 5.32 Å². The molecule has 0 saturated carbocycles. The molecule has 1 radical (unpaired) electrons. The third-order valence-corrected chi connectivity index (χ3v) is 6.16. The van der Waals surface area contributed by atoms with Crippen LogP contribution in [0.3, 0.4) is 0 Å². The zero-order valence-electron chi connectivity index (χ0n) is 18.6. The van der Waals surface area contributed by atoms with Gasteiger partial charge in [0.05, 0.1) is 22.8 Å². The Hall–Kier alpha value is -2.11. The van der Waals surface area contributed by atoms with Crippen LogP contribution in [0.2, 0.25) is 10.0 Å². The van der Waals surface area contributed by atoms with Crippen LogP contribution in [0.25, 0.3) is 11.1 Å². The van der Waals surface area contributed by atoms with Crippen molar-refractivity contribution < 1.29 is 14.3 Å². The fourth-order valence-corrected chi connectivity index (χ4v) is 4.06. The Balaban J connectivity index is 1.73. The Morgan fingerprint density at radius 2 is 1.84 bits per heavy atom. The first-order valence-corrected chi connectivity index (χ1v) is 11.1. The van der Waals surface area contributed by atoms with E-state index in [-0.39, 0.29) is 11.6 Å². The maximum atomic E-state index is 12.2. The van der Waals surface area contributed by atoms with Crippen molar-refractivity contribution in [3.05, 3.63) is 46.4 Å². The van der Waals surface area contributed by atoms with Crippen molar-refractivity contribution in [2.75, 3.05) is 25.1 Å². The topological polar surface area (TPSA) is 50.8 Å². The molecule has 167 valence electrons. The van der Waals surface area contributed by atoms with Gasteiger partial charge in [-0.1, -0.05) is 41.4 Å². The van der Waals surface area contributed by atoms with Gasteiger partial charge in [-0.05, 0) is 58.2 Å². The Morgan fingerprint density at radius 1 is 1.16 bits per heavy atom. The van der Waals surface area contributed by atoms with E-state index in [4.69, 9.17) is 32.7 Å². The molecule has 7 heteroatoms. The van der Waals surface area contributed by atoms with E-state index in [1.54, 1.807) is 13.2 Å². The number of alkyl carbamates (subject to hydrolysis) is 1. The van der Waals surface area contributed by atoms with Crippen LogP contribution in [-0.4, -0.2) is 37.4 Å². The lowest BCUT2D eigenvalue weighted by atomic mass is 9.89. The molecule has 0 atom stereocenters.